The van der Waals surface area contributed by atoms with Crippen LogP contribution in [0, 0.1) is 23.0 Å². The molecule has 0 saturated carbocycles. The first-order valence-corrected chi connectivity index (χ1v) is 21.2. The summed E-state index contributed by atoms with van der Waals surface area (Å²) in [5.41, 5.74) is -4.04. The molecule has 0 aliphatic heterocycles. The summed E-state index contributed by atoms with van der Waals surface area (Å²) >= 11 is 0. The maximum Gasteiger partial charge on any atom is 0.336 e. The molecule has 0 bridgehead atoms. The van der Waals surface area contributed by atoms with Gasteiger partial charge in [-0.25, -0.2) is 75.7 Å². The van der Waals surface area contributed by atoms with E-state index in [1.165, 1.54) is 12.2 Å². The Labute approximate surface area is 348 Å². The summed E-state index contributed by atoms with van der Waals surface area (Å²) in [5, 5.41) is 17.1. The first-order valence-electron chi connectivity index (χ1n) is 21.2. The monoisotopic (exact) mass is 840 g/mol. The Bertz CT molecular complexity index is 1990. The van der Waals surface area contributed by atoms with Crippen LogP contribution in [-0.2, 0) is 58.3 Å². The van der Waals surface area contributed by atoms with Crippen LogP contribution in [0.4, 0.5) is 0 Å². The second-order valence-corrected chi connectivity index (χ2v) is 14.5. The van der Waals surface area contributed by atoms with Crippen molar-refractivity contribution in [3.8, 4) is 12.5 Å². The van der Waals surface area contributed by atoms with Crippen LogP contribution in [0.3, 0.4) is 0 Å². The quantitative estimate of drug-likeness (QED) is 0.0420. The molecule has 0 fully saturated rings. The van der Waals surface area contributed by atoms with Gasteiger partial charge in [-0.2, -0.15) is 10.5 Å². The summed E-state index contributed by atoms with van der Waals surface area (Å²) in [6, 6.07) is 0. The van der Waals surface area contributed by atoms with Gasteiger partial charge in [-0.3, -0.25) is 0 Å². The second kappa shape index (κ2) is 31.1. The number of ether oxygens (including phenoxy) is 2. The van der Waals surface area contributed by atoms with Crippen molar-refractivity contribution in [2.75, 3.05) is 26.3 Å². The minimum absolute atomic E-state index is 0.0644. The highest BCUT2D eigenvalue weighted by Crippen LogP contribution is 2.06. The molecule has 20 heteroatoms. The third-order valence-electron chi connectivity index (χ3n) is 10.1. The van der Waals surface area contributed by atoms with Gasteiger partial charge >= 0.3 is 34.1 Å². The second-order valence-electron chi connectivity index (χ2n) is 14.5. The first kappa shape index (κ1) is 50.3. The smallest absolute Gasteiger partial charge is 0.336 e. The molecular formula is C40H60N10O10. The van der Waals surface area contributed by atoms with Crippen LogP contribution < -0.4 is 34.1 Å². The molecular weight excluding hydrogens is 780 g/mol. The lowest BCUT2D eigenvalue weighted by molar-refractivity contribution is 0.259. The van der Waals surface area contributed by atoms with Crippen LogP contribution in [0.15, 0.2) is 38.8 Å². The third-order valence-corrected chi connectivity index (χ3v) is 10.1. The van der Waals surface area contributed by atoms with Crippen molar-refractivity contribution in [3.63, 3.8) is 0 Å². The lowest BCUT2D eigenvalue weighted by Gasteiger charge is -2.15. The first-order chi connectivity index (χ1) is 29.2. The van der Waals surface area contributed by atoms with E-state index in [9.17, 15) is 38.4 Å². The zero-order valence-corrected chi connectivity index (χ0v) is 34.8. The minimum Gasteiger partial charge on any atom is -0.428 e. The fourth-order valence-corrected chi connectivity index (χ4v) is 6.81. The Hall–Kier alpha value is -5.84. The molecule has 2 aromatic heterocycles. The molecule has 330 valence electrons. The Kier molecular flexibility index (Phi) is 26.1. The number of hydrogen-bond acceptors (Lipinski definition) is 14. The van der Waals surface area contributed by atoms with Crippen molar-refractivity contribution >= 4 is 12.2 Å². The van der Waals surface area contributed by atoms with E-state index in [2.05, 4.69) is 9.98 Å². The van der Waals surface area contributed by atoms with Gasteiger partial charge in [0.25, 0.3) is 12.5 Å². The van der Waals surface area contributed by atoms with Crippen molar-refractivity contribution in [2.24, 2.45) is 9.98 Å². The van der Waals surface area contributed by atoms with Gasteiger partial charge in [0, 0.05) is 39.3 Å². The third kappa shape index (κ3) is 18.0. The molecule has 0 radical (unpaired) electrons. The normalized spacial score (nSPS) is 10.7. The number of aliphatic imine (C=N–C) groups is 2. The van der Waals surface area contributed by atoms with E-state index in [0.29, 0.717) is 129 Å². The summed E-state index contributed by atoms with van der Waals surface area (Å²) < 4.78 is 16.0. The van der Waals surface area contributed by atoms with E-state index < -0.39 is 34.1 Å². The molecule has 0 aliphatic rings. The van der Waals surface area contributed by atoms with Crippen molar-refractivity contribution in [2.45, 2.75) is 168 Å². The fourth-order valence-electron chi connectivity index (χ4n) is 6.81. The zero-order chi connectivity index (χ0) is 43.8. The maximum absolute atomic E-state index is 13.5. The molecule has 2 heterocycles. The predicted molar refractivity (Wildman–Crippen MR) is 220 cm³/mol. The van der Waals surface area contributed by atoms with E-state index in [-0.39, 0.29) is 39.3 Å². The highest BCUT2D eigenvalue weighted by Gasteiger charge is 2.17. The Balaban J connectivity index is 2.16. The predicted octanol–water partition coefficient (Wildman–Crippen LogP) is 2.83. The number of nitriles is 2. The van der Waals surface area contributed by atoms with Crippen molar-refractivity contribution < 1.29 is 19.1 Å². The molecule has 0 atom stereocenters. The highest BCUT2D eigenvalue weighted by atomic mass is 16.5. The maximum atomic E-state index is 13.5. The molecule has 60 heavy (non-hydrogen) atoms. The Morgan fingerprint density at radius 2 is 0.567 bits per heavy atom. The molecule has 0 spiro atoms. The Morgan fingerprint density at radius 1 is 0.350 bits per heavy atom. The van der Waals surface area contributed by atoms with Crippen LogP contribution in [0.2, 0.25) is 0 Å². The van der Waals surface area contributed by atoms with Crippen LogP contribution >= 0.6 is 0 Å². The minimum atomic E-state index is -0.681. The van der Waals surface area contributed by atoms with Crippen LogP contribution in [0.25, 0.3) is 0 Å². The average Bonchev–Trinajstić information content (AvgIpc) is 3.24. The highest BCUT2D eigenvalue weighted by molar-refractivity contribution is 5.32. The summed E-state index contributed by atoms with van der Waals surface area (Å²) in [4.78, 5) is 108. The molecule has 20 nitrogen and oxygen atoms in total. The average molecular weight is 841 g/mol. The molecule has 0 unspecified atom stereocenters. The van der Waals surface area contributed by atoms with Gasteiger partial charge in [0.2, 0.25) is 12.2 Å². The molecule has 0 amide bonds. The summed E-state index contributed by atoms with van der Waals surface area (Å²) in [7, 11) is 0. The number of carbonyl (C=O) groups excluding carboxylic acids is 2. The van der Waals surface area contributed by atoms with E-state index in [0.717, 1.165) is 53.1 Å². The number of nitrogens with zero attached hydrogens (tertiary/aromatic N) is 10. The van der Waals surface area contributed by atoms with E-state index >= 15 is 0 Å². The van der Waals surface area contributed by atoms with Gasteiger partial charge in [-0.1, -0.05) is 51.4 Å². The number of rotatable bonds is 35. The lowest BCUT2D eigenvalue weighted by Crippen LogP contribution is -2.54. The van der Waals surface area contributed by atoms with Crippen molar-refractivity contribution in [3.05, 3.63) is 62.9 Å². The lowest BCUT2D eigenvalue weighted by atomic mass is 10.2. The van der Waals surface area contributed by atoms with Gasteiger partial charge < -0.3 is 9.47 Å². The molecule has 0 saturated heterocycles. The molecule has 2 rings (SSSR count). The number of hydrogen-bond donors (Lipinski definition) is 0. The van der Waals surface area contributed by atoms with Crippen molar-refractivity contribution in [1.29, 1.82) is 10.5 Å². The summed E-state index contributed by atoms with van der Waals surface area (Å²) in [6.07, 6.45) is 18.6. The van der Waals surface area contributed by atoms with Crippen LogP contribution in [0.5, 0.6) is 0 Å². The van der Waals surface area contributed by atoms with Crippen LogP contribution in [-0.4, -0.2) is 65.9 Å². The number of aromatic nitrogens is 6. The van der Waals surface area contributed by atoms with Gasteiger partial charge in [0.05, 0.1) is 13.1 Å². The van der Waals surface area contributed by atoms with Gasteiger partial charge in [0.1, 0.15) is 13.2 Å². The Morgan fingerprint density at radius 3 is 0.783 bits per heavy atom. The summed E-state index contributed by atoms with van der Waals surface area (Å²) in [6.45, 7) is 1.94. The largest absolute Gasteiger partial charge is 0.428 e. The molecule has 2 aromatic rings. The fraction of sp³-hybridized carbons (Fsp3) is 0.750. The standard InChI is InChI=1S/C40H60N10O10/c41-31-59-29-19-9-7-17-27-49-37(55)45(23-13-3-1-11-21-43-33-51)35(53)47(39(49)57)25-15-5-6-16-26-48-36(54)46(24-14-4-2-12-22-44-34-52)38(56)50(40(48)58)28-18-8-10-20-30-60-32-42/h1-30H2. The van der Waals surface area contributed by atoms with E-state index in [1.807, 2.05) is 0 Å². The number of isocyanates is 2. The van der Waals surface area contributed by atoms with Gasteiger partial charge in [-0.15, -0.1) is 0 Å². The zero-order valence-electron chi connectivity index (χ0n) is 34.8. The van der Waals surface area contributed by atoms with Crippen molar-refractivity contribution in [1.82, 2.24) is 27.4 Å². The number of unbranched alkanes of at least 4 members (excludes halogenated alkanes) is 15. The molecule has 0 aliphatic carbocycles. The van der Waals surface area contributed by atoms with E-state index in [1.54, 1.807) is 12.5 Å². The molecule has 0 aromatic carbocycles. The summed E-state index contributed by atoms with van der Waals surface area (Å²) in [5.74, 6) is 0. The SMILES string of the molecule is N#COCCCCCCn1c(=O)n(CCCCCCN=C=O)c(=O)n(CCCCCCn2c(=O)n(CCCCCCN=C=O)c(=O)n(CCCCCCOC#N)c2=O)c1=O. The van der Waals surface area contributed by atoms with Gasteiger partial charge in [-0.05, 0) is 77.0 Å². The topological polar surface area (TPSA) is 257 Å². The van der Waals surface area contributed by atoms with Gasteiger partial charge in [0.15, 0.2) is 0 Å². The van der Waals surface area contributed by atoms with Crippen LogP contribution in [0.1, 0.15) is 128 Å². The van der Waals surface area contributed by atoms with E-state index in [4.69, 9.17) is 20.0 Å². The molecule has 0 N–H and O–H groups in total.